The summed E-state index contributed by atoms with van der Waals surface area (Å²) in [4.78, 5) is 0. The van der Waals surface area contributed by atoms with E-state index in [1.807, 2.05) is 0 Å². The van der Waals surface area contributed by atoms with Gasteiger partial charge in [-0.2, -0.15) is 4.31 Å². The Morgan fingerprint density at radius 3 is 2.35 bits per heavy atom. The predicted molar refractivity (Wildman–Crippen MR) is 67.2 cm³/mol. The molecule has 1 aliphatic heterocycles. The first kappa shape index (κ1) is 13.3. The van der Waals surface area contributed by atoms with Crippen LogP contribution in [-0.4, -0.2) is 42.8 Å². The standard InChI is InChI=1S/C12H23NO3S/c1-17(15,16)13-9-5-4-7-11(13)10-6-2-3-8-12(10)14/h10-12,14H,2-9H2,1H3. The van der Waals surface area contributed by atoms with Crippen LogP contribution in [0.4, 0.5) is 0 Å². The summed E-state index contributed by atoms with van der Waals surface area (Å²) in [5.41, 5.74) is 0. The lowest BCUT2D eigenvalue weighted by atomic mass is 9.79. The van der Waals surface area contributed by atoms with E-state index in [-0.39, 0.29) is 18.1 Å². The average Bonchev–Trinajstić information content (AvgIpc) is 2.28. The molecule has 0 spiro atoms. The number of nitrogens with zero attached hydrogens (tertiary/aromatic N) is 1. The Hall–Kier alpha value is -0.130. The predicted octanol–water partition coefficient (Wildman–Crippen LogP) is 1.35. The molecule has 0 aromatic heterocycles. The van der Waals surface area contributed by atoms with Crippen LogP contribution in [0.1, 0.15) is 44.9 Å². The normalized spacial score (nSPS) is 36.9. The summed E-state index contributed by atoms with van der Waals surface area (Å²) < 4.78 is 25.2. The van der Waals surface area contributed by atoms with E-state index in [0.717, 1.165) is 44.9 Å². The van der Waals surface area contributed by atoms with Crippen molar-refractivity contribution in [2.75, 3.05) is 12.8 Å². The Bertz CT molecular complexity index is 355. The minimum Gasteiger partial charge on any atom is -0.393 e. The smallest absolute Gasteiger partial charge is 0.211 e. The van der Waals surface area contributed by atoms with Gasteiger partial charge in [-0.25, -0.2) is 8.42 Å². The van der Waals surface area contributed by atoms with Gasteiger partial charge in [0.05, 0.1) is 12.4 Å². The molecule has 100 valence electrons. The fourth-order valence-electron chi connectivity index (χ4n) is 3.36. The van der Waals surface area contributed by atoms with Gasteiger partial charge in [0.25, 0.3) is 0 Å². The number of aliphatic hydroxyl groups excluding tert-OH is 1. The van der Waals surface area contributed by atoms with Crippen LogP contribution in [-0.2, 0) is 10.0 Å². The third-order valence-corrected chi connectivity index (χ3v) is 5.51. The zero-order valence-corrected chi connectivity index (χ0v) is 11.3. The number of rotatable bonds is 2. The van der Waals surface area contributed by atoms with Crippen LogP contribution in [0.15, 0.2) is 0 Å². The van der Waals surface area contributed by atoms with Gasteiger partial charge in [-0.1, -0.05) is 19.3 Å². The highest BCUT2D eigenvalue weighted by Gasteiger charge is 2.38. The van der Waals surface area contributed by atoms with Crippen molar-refractivity contribution in [2.24, 2.45) is 5.92 Å². The second kappa shape index (κ2) is 5.24. The Balaban J connectivity index is 2.15. The minimum absolute atomic E-state index is 0.0362. The third-order valence-electron chi connectivity index (χ3n) is 4.20. The van der Waals surface area contributed by atoms with Crippen molar-refractivity contribution in [2.45, 2.75) is 57.1 Å². The third kappa shape index (κ3) is 3.01. The number of hydrogen-bond donors (Lipinski definition) is 1. The van der Waals surface area contributed by atoms with Gasteiger partial charge in [-0.05, 0) is 25.7 Å². The van der Waals surface area contributed by atoms with E-state index in [4.69, 9.17) is 0 Å². The van der Waals surface area contributed by atoms with Crippen LogP contribution in [0.5, 0.6) is 0 Å². The fraction of sp³-hybridized carbons (Fsp3) is 1.00. The second-order valence-corrected chi connectivity index (χ2v) is 7.39. The van der Waals surface area contributed by atoms with E-state index < -0.39 is 10.0 Å². The molecule has 2 rings (SSSR count). The SMILES string of the molecule is CS(=O)(=O)N1CCCCC1C1CCCCC1O. The molecular formula is C12H23NO3S. The molecule has 1 aliphatic carbocycles. The summed E-state index contributed by atoms with van der Waals surface area (Å²) >= 11 is 0. The van der Waals surface area contributed by atoms with Crippen molar-refractivity contribution < 1.29 is 13.5 Å². The zero-order chi connectivity index (χ0) is 12.5. The first-order chi connectivity index (χ1) is 8.00. The van der Waals surface area contributed by atoms with E-state index >= 15 is 0 Å². The Kier molecular flexibility index (Phi) is 4.10. The van der Waals surface area contributed by atoms with Crippen molar-refractivity contribution >= 4 is 10.0 Å². The lowest BCUT2D eigenvalue weighted by Crippen LogP contribution is -2.50. The minimum atomic E-state index is -3.13. The molecule has 4 nitrogen and oxygen atoms in total. The first-order valence-electron chi connectivity index (χ1n) is 6.65. The number of hydrogen-bond acceptors (Lipinski definition) is 3. The number of sulfonamides is 1. The topological polar surface area (TPSA) is 57.6 Å². The van der Waals surface area contributed by atoms with Gasteiger partial charge in [0.15, 0.2) is 0 Å². The first-order valence-corrected chi connectivity index (χ1v) is 8.50. The molecule has 1 saturated heterocycles. The maximum absolute atomic E-state index is 11.8. The molecule has 1 heterocycles. The summed E-state index contributed by atoms with van der Waals surface area (Å²) in [5, 5.41) is 10.1. The molecule has 1 N–H and O–H groups in total. The van der Waals surface area contributed by atoms with Crippen molar-refractivity contribution in [3.8, 4) is 0 Å². The maximum atomic E-state index is 11.8. The van der Waals surface area contributed by atoms with Gasteiger partial charge in [0, 0.05) is 18.5 Å². The lowest BCUT2D eigenvalue weighted by Gasteiger charge is -2.42. The van der Waals surface area contributed by atoms with Crippen LogP contribution in [0, 0.1) is 5.92 Å². The highest BCUT2D eigenvalue weighted by atomic mass is 32.2. The summed E-state index contributed by atoms with van der Waals surface area (Å²) in [6, 6.07) is 0.0362. The monoisotopic (exact) mass is 261 g/mol. The van der Waals surface area contributed by atoms with Gasteiger partial charge in [-0.3, -0.25) is 0 Å². The van der Waals surface area contributed by atoms with Gasteiger partial charge >= 0.3 is 0 Å². The molecule has 17 heavy (non-hydrogen) atoms. The molecular weight excluding hydrogens is 238 g/mol. The summed E-state index contributed by atoms with van der Waals surface area (Å²) in [5.74, 6) is 0.152. The summed E-state index contributed by atoms with van der Waals surface area (Å²) in [6.45, 7) is 0.632. The highest BCUT2D eigenvalue weighted by Crippen LogP contribution is 2.34. The molecule has 3 unspecified atom stereocenters. The Morgan fingerprint density at radius 2 is 1.71 bits per heavy atom. The summed E-state index contributed by atoms with van der Waals surface area (Å²) in [6.07, 6.45) is 7.92. The zero-order valence-electron chi connectivity index (χ0n) is 10.5. The van der Waals surface area contributed by atoms with Crippen LogP contribution >= 0.6 is 0 Å². The number of aliphatic hydroxyl groups is 1. The van der Waals surface area contributed by atoms with Crippen molar-refractivity contribution in [1.82, 2.24) is 4.31 Å². The molecule has 3 atom stereocenters. The molecule has 0 aromatic rings. The van der Waals surface area contributed by atoms with Crippen LogP contribution in [0.25, 0.3) is 0 Å². The molecule has 2 aliphatic rings. The van der Waals surface area contributed by atoms with Crippen LogP contribution < -0.4 is 0 Å². The van der Waals surface area contributed by atoms with Crippen LogP contribution in [0.3, 0.4) is 0 Å². The largest absolute Gasteiger partial charge is 0.393 e. The molecule has 1 saturated carbocycles. The Labute approximate surface area is 104 Å². The average molecular weight is 261 g/mol. The summed E-state index contributed by atoms with van der Waals surface area (Å²) in [7, 11) is -3.13. The fourth-order valence-corrected chi connectivity index (χ4v) is 4.57. The lowest BCUT2D eigenvalue weighted by molar-refractivity contribution is 0.0206. The van der Waals surface area contributed by atoms with E-state index in [2.05, 4.69) is 0 Å². The number of piperidine rings is 1. The Morgan fingerprint density at radius 1 is 1.06 bits per heavy atom. The van der Waals surface area contributed by atoms with E-state index in [1.165, 1.54) is 6.26 Å². The maximum Gasteiger partial charge on any atom is 0.211 e. The molecule has 0 aromatic carbocycles. The van der Waals surface area contributed by atoms with Gasteiger partial charge in [-0.15, -0.1) is 0 Å². The van der Waals surface area contributed by atoms with Gasteiger partial charge < -0.3 is 5.11 Å². The van der Waals surface area contributed by atoms with Gasteiger partial charge in [0.1, 0.15) is 0 Å². The van der Waals surface area contributed by atoms with E-state index in [1.54, 1.807) is 4.31 Å². The van der Waals surface area contributed by atoms with E-state index in [9.17, 15) is 13.5 Å². The van der Waals surface area contributed by atoms with E-state index in [0.29, 0.717) is 6.54 Å². The van der Waals surface area contributed by atoms with Crippen molar-refractivity contribution in [1.29, 1.82) is 0 Å². The second-order valence-electron chi connectivity index (χ2n) is 5.45. The molecule has 2 fully saturated rings. The van der Waals surface area contributed by atoms with Gasteiger partial charge in [0.2, 0.25) is 10.0 Å². The highest BCUT2D eigenvalue weighted by molar-refractivity contribution is 7.88. The quantitative estimate of drug-likeness (QED) is 0.816. The van der Waals surface area contributed by atoms with Crippen molar-refractivity contribution in [3.05, 3.63) is 0 Å². The molecule has 5 heteroatoms. The molecule has 0 bridgehead atoms. The van der Waals surface area contributed by atoms with Crippen LogP contribution in [0.2, 0.25) is 0 Å². The molecule has 0 radical (unpaired) electrons. The van der Waals surface area contributed by atoms with Crippen molar-refractivity contribution in [3.63, 3.8) is 0 Å². The molecule has 0 amide bonds.